The molecule has 1 aromatic carbocycles. The molecule has 0 aliphatic carbocycles. The molecule has 1 aromatic heterocycles. The third-order valence-electron chi connectivity index (χ3n) is 3.16. The lowest BCUT2D eigenvalue weighted by molar-refractivity contribution is 0.0684. The Morgan fingerprint density at radius 1 is 1.00 bits per heavy atom. The lowest BCUT2D eigenvalue weighted by Crippen LogP contribution is -2.29. The Bertz CT molecular complexity index is 690. The first kappa shape index (κ1) is 13.8. The fraction of sp³-hybridized carbons (Fsp3) is 0.200. The maximum absolute atomic E-state index is 12.2. The number of rotatable bonds is 3. The van der Waals surface area contributed by atoms with Crippen LogP contribution in [0.25, 0.3) is 0 Å². The van der Waals surface area contributed by atoms with Gasteiger partial charge < -0.3 is 0 Å². The van der Waals surface area contributed by atoms with E-state index in [2.05, 4.69) is 9.97 Å². The Labute approximate surface area is 126 Å². The van der Waals surface area contributed by atoms with Gasteiger partial charge in [-0.25, -0.2) is 9.97 Å². The maximum Gasteiger partial charge on any atom is 0.262 e. The van der Waals surface area contributed by atoms with Crippen molar-refractivity contribution in [3.8, 4) is 0 Å². The molecule has 2 aromatic rings. The summed E-state index contributed by atoms with van der Waals surface area (Å²) in [5.41, 5.74) is 2.66. The quantitative estimate of drug-likeness (QED) is 0.495. The number of hydrogen-bond acceptors (Lipinski definition) is 5. The SMILES string of the molecule is Cc1cc(C)nc(SCN2C(=O)c3ccccc3C2=O)n1. The monoisotopic (exact) mass is 299 g/mol. The van der Waals surface area contributed by atoms with Crippen LogP contribution >= 0.6 is 11.8 Å². The zero-order valence-corrected chi connectivity index (χ0v) is 12.5. The highest BCUT2D eigenvalue weighted by Gasteiger charge is 2.35. The predicted molar refractivity (Wildman–Crippen MR) is 79.2 cm³/mol. The molecule has 0 atom stereocenters. The van der Waals surface area contributed by atoms with E-state index in [-0.39, 0.29) is 17.7 Å². The zero-order chi connectivity index (χ0) is 15.0. The first-order valence-electron chi connectivity index (χ1n) is 6.46. The van der Waals surface area contributed by atoms with Crippen LogP contribution in [0, 0.1) is 13.8 Å². The summed E-state index contributed by atoms with van der Waals surface area (Å²) in [6.07, 6.45) is 0. The largest absolute Gasteiger partial charge is 0.269 e. The van der Waals surface area contributed by atoms with Gasteiger partial charge in [-0.2, -0.15) is 0 Å². The lowest BCUT2D eigenvalue weighted by atomic mass is 10.1. The van der Waals surface area contributed by atoms with Crippen LogP contribution in [-0.2, 0) is 0 Å². The highest BCUT2D eigenvalue weighted by molar-refractivity contribution is 7.99. The molecule has 0 fully saturated rings. The second-order valence-electron chi connectivity index (χ2n) is 4.79. The van der Waals surface area contributed by atoms with E-state index in [0.717, 1.165) is 11.4 Å². The molecule has 0 saturated heterocycles. The normalized spacial score (nSPS) is 13.7. The van der Waals surface area contributed by atoms with Crippen molar-refractivity contribution in [2.45, 2.75) is 19.0 Å². The number of fused-ring (bicyclic) bond motifs is 1. The Kier molecular flexibility index (Phi) is 3.47. The standard InChI is InChI=1S/C15H13N3O2S/c1-9-7-10(2)17-15(16-9)21-8-18-13(19)11-5-3-4-6-12(11)14(18)20/h3-7H,8H2,1-2H3. The van der Waals surface area contributed by atoms with Crippen LogP contribution in [-0.4, -0.2) is 32.6 Å². The van der Waals surface area contributed by atoms with Crippen LogP contribution < -0.4 is 0 Å². The van der Waals surface area contributed by atoms with E-state index in [1.165, 1.54) is 16.7 Å². The highest BCUT2D eigenvalue weighted by Crippen LogP contribution is 2.25. The third-order valence-corrected chi connectivity index (χ3v) is 3.99. The molecule has 5 nitrogen and oxygen atoms in total. The second-order valence-corrected chi connectivity index (χ2v) is 5.70. The molecule has 0 radical (unpaired) electrons. The van der Waals surface area contributed by atoms with Crippen molar-refractivity contribution in [2.75, 3.05) is 5.88 Å². The van der Waals surface area contributed by atoms with E-state index in [9.17, 15) is 9.59 Å². The van der Waals surface area contributed by atoms with E-state index in [4.69, 9.17) is 0 Å². The first-order chi connectivity index (χ1) is 10.1. The van der Waals surface area contributed by atoms with Crippen LogP contribution in [0.1, 0.15) is 32.1 Å². The molecular formula is C15H13N3O2S. The van der Waals surface area contributed by atoms with E-state index < -0.39 is 0 Å². The molecule has 3 rings (SSSR count). The van der Waals surface area contributed by atoms with E-state index in [1.54, 1.807) is 24.3 Å². The minimum atomic E-state index is -0.257. The average Bonchev–Trinajstić information content (AvgIpc) is 2.69. The molecule has 21 heavy (non-hydrogen) atoms. The minimum Gasteiger partial charge on any atom is -0.269 e. The summed E-state index contributed by atoms with van der Waals surface area (Å²) in [6.45, 7) is 3.78. The number of benzene rings is 1. The molecule has 0 spiro atoms. The minimum absolute atomic E-state index is 0.218. The Morgan fingerprint density at radius 3 is 2.05 bits per heavy atom. The molecular weight excluding hydrogens is 286 g/mol. The molecule has 1 aliphatic rings. The van der Waals surface area contributed by atoms with Crippen LogP contribution in [0.15, 0.2) is 35.5 Å². The topological polar surface area (TPSA) is 63.2 Å². The van der Waals surface area contributed by atoms with Gasteiger partial charge in [-0.3, -0.25) is 14.5 Å². The van der Waals surface area contributed by atoms with Crippen LogP contribution in [0.4, 0.5) is 0 Å². The summed E-state index contributed by atoms with van der Waals surface area (Å²) in [5.74, 6) is -0.296. The van der Waals surface area contributed by atoms with Gasteiger partial charge in [0, 0.05) is 11.4 Å². The molecule has 0 N–H and O–H groups in total. The van der Waals surface area contributed by atoms with Gasteiger partial charge in [-0.05, 0) is 32.0 Å². The van der Waals surface area contributed by atoms with Crippen molar-refractivity contribution < 1.29 is 9.59 Å². The van der Waals surface area contributed by atoms with Gasteiger partial charge in [0.25, 0.3) is 11.8 Å². The van der Waals surface area contributed by atoms with Gasteiger partial charge in [0.1, 0.15) is 0 Å². The average molecular weight is 299 g/mol. The molecule has 2 amide bonds. The van der Waals surface area contributed by atoms with Crippen molar-refractivity contribution in [1.29, 1.82) is 0 Å². The maximum atomic E-state index is 12.2. The van der Waals surface area contributed by atoms with Crippen molar-refractivity contribution in [2.24, 2.45) is 0 Å². The van der Waals surface area contributed by atoms with E-state index >= 15 is 0 Å². The number of carbonyl (C=O) groups is 2. The number of nitrogens with zero attached hydrogens (tertiary/aromatic N) is 3. The van der Waals surface area contributed by atoms with Crippen LogP contribution in [0.5, 0.6) is 0 Å². The fourth-order valence-corrected chi connectivity index (χ4v) is 3.13. The van der Waals surface area contributed by atoms with Crippen LogP contribution in [0.2, 0.25) is 0 Å². The summed E-state index contributed by atoms with van der Waals surface area (Å²) in [6, 6.07) is 8.74. The summed E-state index contributed by atoms with van der Waals surface area (Å²) < 4.78 is 0. The van der Waals surface area contributed by atoms with E-state index in [1.807, 2.05) is 19.9 Å². The van der Waals surface area contributed by atoms with Crippen molar-refractivity contribution in [1.82, 2.24) is 14.9 Å². The van der Waals surface area contributed by atoms with Gasteiger partial charge in [-0.15, -0.1) is 0 Å². The number of thioether (sulfide) groups is 1. The van der Waals surface area contributed by atoms with Crippen LogP contribution in [0.3, 0.4) is 0 Å². The summed E-state index contributed by atoms with van der Waals surface area (Å²) >= 11 is 1.29. The number of aryl methyl sites for hydroxylation is 2. The highest BCUT2D eigenvalue weighted by atomic mass is 32.2. The second kappa shape index (κ2) is 5.29. The van der Waals surface area contributed by atoms with Crippen molar-refractivity contribution in [3.05, 3.63) is 52.8 Å². The molecule has 0 bridgehead atoms. The number of aromatic nitrogens is 2. The molecule has 1 aliphatic heterocycles. The van der Waals surface area contributed by atoms with Crippen molar-refractivity contribution >= 4 is 23.6 Å². The molecule has 106 valence electrons. The molecule has 6 heteroatoms. The van der Waals surface area contributed by atoms with Gasteiger partial charge in [-0.1, -0.05) is 23.9 Å². The summed E-state index contributed by atoms with van der Waals surface area (Å²) in [7, 11) is 0. The molecule has 0 unspecified atom stereocenters. The Hall–Kier alpha value is -2.21. The van der Waals surface area contributed by atoms with E-state index in [0.29, 0.717) is 16.3 Å². The molecule has 0 saturated carbocycles. The van der Waals surface area contributed by atoms with Gasteiger partial charge >= 0.3 is 0 Å². The van der Waals surface area contributed by atoms with Gasteiger partial charge in [0.15, 0.2) is 5.16 Å². The third kappa shape index (κ3) is 2.54. The Balaban J connectivity index is 1.78. The zero-order valence-electron chi connectivity index (χ0n) is 11.7. The van der Waals surface area contributed by atoms with Crippen molar-refractivity contribution in [3.63, 3.8) is 0 Å². The van der Waals surface area contributed by atoms with Gasteiger partial charge in [0.2, 0.25) is 0 Å². The fourth-order valence-electron chi connectivity index (χ4n) is 2.24. The molecule has 2 heterocycles. The number of carbonyl (C=O) groups excluding carboxylic acids is 2. The summed E-state index contributed by atoms with van der Waals surface area (Å²) in [4.78, 5) is 34.3. The Morgan fingerprint density at radius 2 is 1.52 bits per heavy atom. The number of imide groups is 1. The first-order valence-corrected chi connectivity index (χ1v) is 7.45. The number of hydrogen-bond donors (Lipinski definition) is 0. The summed E-state index contributed by atoms with van der Waals surface area (Å²) in [5, 5.41) is 0.573. The predicted octanol–water partition coefficient (Wildman–Crippen LogP) is 2.44. The van der Waals surface area contributed by atoms with Gasteiger partial charge in [0.05, 0.1) is 17.0 Å². The number of amides is 2. The lowest BCUT2D eigenvalue weighted by Gasteiger charge is -2.12. The smallest absolute Gasteiger partial charge is 0.262 e.